The van der Waals surface area contributed by atoms with Crippen LogP contribution in [0.25, 0.3) is 0 Å². The number of aromatic carboxylic acids is 1. The quantitative estimate of drug-likeness (QED) is 0.751. The van der Waals surface area contributed by atoms with Gasteiger partial charge in [0, 0.05) is 23.0 Å². The molecule has 0 unspecified atom stereocenters. The summed E-state index contributed by atoms with van der Waals surface area (Å²) in [5.41, 5.74) is 0.517. The molecule has 0 aliphatic heterocycles. The van der Waals surface area contributed by atoms with Crippen molar-refractivity contribution in [2.24, 2.45) is 0 Å². The van der Waals surface area contributed by atoms with Gasteiger partial charge >= 0.3 is 12.0 Å². The lowest BCUT2D eigenvalue weighted by molar-refractivity contribution is 0.0693. The molecule has 0 bridgehead atoms. The number of nitrogens with one attached hydrogen (secondary N) is 2. The number of anilines is 1. The number of carbonyl (C=O) groups excluding carboxylic acids is 1. The molecule has 0 saturated heterocycles. The predicted molar refractivity (Wildman–Crippen MR) is 84.6 cm³/mol. The summed E-state index contributed by atoms with van der Waals surface area (Å²) < 4.78 is 4.95. The molecule has 1 aromatic carbocycles. The minimum absolute atomic E-state index is 0.0481. The third kappa shape index (κ3) is 5.18. The van der Waals surface area contributed by atoms with E-state index in [-0.39, 0.29) is 22.1 Å². The molecule has 7 heteroatoms. The maximum atomic E-state index is 11.8. The minimum Gasteiger partial charge on any atom is -0.496 e. The Morgan fingerprint density at radius 3 is 2.57 bits per heavy atom. The molecule has 0 fully saturated rings. The average molecular weight is 312 g/mol. The van der Waals surface area contributed by atoms with E-state index < -0.39 is 5.97 Å². The lowest BCUT2D eigenvalue weighted by Crippen LogP contribution is -2.38. The van der Waals surface area contributed by atoms with Crippen molar-refractivity contribution in [3.8, 4) is 5.75 Å². The number of urea groups is 1. The van der Waals surface area contributed by atoms with Gasteiger partial charge in [-0.25, -0.2) is 9.59 Å². The lowest BCUT2D eigenvalue weighted by Gasteiger charge is -2.22. The Morgan fingerprint density at radius 1 is 1.38 bits per heavy atom. The number of carbonyl (C=O) groups is 2. The smallest absolute Gasteiger partial charge is 0.339 e. The van der Waals surface area contributed by atoms with Crippen LogP contribution in [0.4, 0.5) is 10.5 Å². The zero-order valence-corrected chi connectivity index (χ0v) is 13.3. The molecule has 0 aromatic heterocycles. The van der Waals surface area contributed by atoms with E-state index >= 15 is 0 Å². The Morgan fingerprint density at radius 2 is 2.05 bits per heavy atom. The van der Waals surface area contributed by atoms with Crippen molar-refractivity contribution in [2.45, 2.75) is 18.6 Å². The molecule has 0 aliphatic carbocycles. The Balaban J connectivity index is 2.71. The highest BCUT2D eigenvalue weighted by Crippen LogP contribution is 2.23. The number of methoxy groups -OCH3 is 1. The molecule has 6 nitrogen and oxygen atoms in total. The summed E-state index contributed by atoms with van der Waals surface area (Å²) >= 11 is 1.66. The first-order valence-electron chi connectivity index (χ1n) is 6.30. The van der Waals surface area contributed by atoms with Crippen LogP contribution < -0.4 is 15.4 Å². The van der Waals surface area contributed by atoms with Crippen LogP contribution in [-0.4, -0.2) is 41.8 Å². The van der Waals surface area contributed by atoms with E-state index in [9.17, 15) is 9.59 Å². The summed E-state index contributed by atoms with van der Waals surface area (Å²) in [6.45, 7) is 4.58. The van der Waals surface area contributed by atoms with Gasteiger partial charge < -0.3 is 20.5 Å². The van der Waals surface area contributed by atoms with E-state index in [0.717, 1.165) is 0 Å². The summed E-state index contributed by atoms with van der Waals surface area (Å²) in [5.74, 6) is -0.880. The summed E-state index contributed by atoms with van der Waals surface area (Å²) in [6.07, 6.45) is 1.98. The number of amides is 2. The lowest BCUT2D eigenvalue weighted by atomic mass is 10.2. The molecule has 0 saturated carbocycles. The fraction of sp³-hybridized carbons (Fsp3) is 0.429. The largest absolute Gasteiger partial charge is 0.496 e. The normalized spacial score (nSPS) is 10.9. The van der Waals surface area contributed by atoms with Gasteiger partial charge in [0.05, 0.1) is 7.11 Å². The zero-order valence-electron chi connectivity index (χ0n) is 12.5. The third-order valence-electron chi connectivity index (χ3n) is 2.92. The molecule has 0 aliphatic rings. The summed E-state index contributed by atoms with van der Waals surface area (Å²) in [5, 5.41) is 14.4. The maximum absolute atomic E-state index is 11.8. The van der Waals surface area contributed by atoms with E-state index in [0.29, 0.717) is 12.2 Å². The van der Waals surface area contributed by atoms with Crippen LogP contribution in [0.15, 0.2) is 18.2 Å². The van der Waals surface area contributed by atoms with Crippen molar-refractivity contribution in [1.29, 1.82) is 0 Å². The van der Waals surface area contributed by atoms with Crippen molar-refractivity contribution in [2.75, 3.05) is 25.2 Å². The highest BCUT2D eigenvalue weighted by Gasteiger charge is 2.17. The second-order valence-electron chi connectivity index (χ2n) is 4.99. The first kappa shape index (κ1) is 17.2. The van der Waals surface area contributed by atoms with Gasteiger partial charge in [0.15, 0.2) is 0 Å². The van der Waals surface area contributed by atoms with E-state index in [1.807, 2.05) is 20.1 Å². The second kappa shape index (κ2) is 7.21. The summed E-state index contributed by atoms with van der Waals surface area (Å²) in [7, 11) is 1.38. The topological polar surface area (TPSA) is 87.7 Å². The van der Waals surface area contributed by atoms with Gasteiger partial charge in [-0.1, -0.05) is 0 Å². The Kier molecular flexibility index (Phi) is 5.90. The number of thioether (sulfide) groups is 1. The number of carboxylic acid groups (broad SMARTS) is 1. The SMILES string of the molecule is COc1cc(NC(=O)NCC(C)(C)SC)ccc1C(=O)O. The zero-order chi connectivity index (χ0) is 16.0. The number of rotatable bonds is 6. The molecular weight excluding hydrogens is 292 g/mol. The number of carboxylic acids is 1. The summed E-state index contributed by atoms with van der Waals surface area (Å²) in [4.78, 5) is 22.8. The van der Waals surface area contributed by atoms with Crippen molar-refractivity contribution < 1.29 is 19.4 Å². The molecule has 2 amide bonds. The number of hydrogen-bond acceptors (Lipinski definition) is 4. The molecule has 3 N–H and O–H groups in total. The van der Waals surface area contributed by atoms with Gasteiger partial charge in [0.2, 0.25) is 0 Å². The van der Waals surface area contributed by atoms with Crippen molar-refractivity contribution in [3.05, 3.63) is 23.8 Å². The van der Waals surface area contributed by atoms with Crippen LogP contribution >= 0.6 is 11.8 Å². The average Bonchev–Trinajstić information content (AvgIpc) is 2.45. The van der Waals surface area contributed by atoms with Gasteiger partial charge in [0.25, 0.3) is 0 Å². The van der Waals surface area contributed by atoms with Crippen molar-refractivity contribution in [3.63, 3.8) is 0 Å². The van der Waals surface area contributed by atoms with Gasteiger partial charge in [-0.15, -0.1) is 0 Å². The highest BCUT2D eigenvalue weighted by molar-refractivity contribution is 7.99. The second-order valence-corrected chi connectivity index (χ2v) is 6.51. The van der Waals surface area contributed by atoms with Gasteiger partial charge in [-0.05, 0) is 32.2 Å². The van der Waals surface area contributed by atoms with E-state index in [4.69, 9.17) is 9.84 Å². The third-order valence-corrected chi connectivity index (χ3v) is 4.17. The molecule has 0 atom stereocenters. The van der Waals surface area contributed by atoms with E-state index in [1.54, 1.807) is 11.8 Å². The van der Waals surface area contributed by atoms with Crippen LogP contribution in [-0.2, 0) is 0 Å². The molecule has 0 heterocycles. The van der Waals surface area contributed by atoms with Gasteiger partial charge in [0.1, 0.15) is 11.3 Å². The van der Waals surface area contributed by atoms with Gasteiger partial charge in [-0.2, -0.15) is 11.8 Å². The van der Waals surface area contributed by atoms with Crippen LogP contribution in [0.2, 0.25) is 0 Å². The summed E-state index contributed by atoms with van der Waals surface area (Å²) in [6, 6.07) is 4.04. The minimum atomic E-state index is -1.08. The Hall–Kier alpha value is -1.89. The predicted octanol–water partition coefficient (Wildman–Crippen LogP) is 2.66. The Labute approximate surface area is 128 Å². The van der Waals surface area contributed by atoms with Crippen LogP contribution in [0.3, 0.4) is 0 Å². The molecule has 0 spiro atoms. The fourth-order valence-electron chi connectivity index (χ4n) is 1.49. The maximum Gasteiger partial charge on any atom is 0.339 e. The Bertz CT molecular complexity index is 532. The molecule has 116 valence electrons. The molecule has 21 heavy (non-hydrogen) atoms. The highest BCUT2D eigenvalue weighted by atomic mass is 32.2. The number of ether oxygens (including phenoxy) is 1. The fourth-order valence-corrected chi connectivity index (χ4v) is 1.70. The van der Waals surface area contributed by atoms with E-state index in [1.165, 1.54) is 25.3 Å². The van der Waals surface area contributed by atoms with Crippen molar-refractivity contribution >= 4 is 29.4 Å². The standard InChI is InChI=1S/C14H20N2O4S/c1-14(2,21-4)8-15-13(19)16-9-5-6-10(12(17)18)11(7-9)20-3/h5-7H,8H2,1-4H3,(H,17,18)(H2,15,16,19). The van der Waals surface area contributed by atoms with Crippen LogP contribution in [0, 0.1) is 0 Å². The monoisotopic (exact) mass is 312 g/mol. The number of benzene rings is 1. The van der Waals surface area contributed by atoms with Gasteiger partial charge in [-0.3, -0.25) is 0 Å². The first-order valence-corrected chi connectivity index (χ1v) is 7.53. The molecule has 1 rings (SSSR count). The first-order chi connectivity index (χ1) is 9.79. The molecule has 1 aromatic rings. The van der Waals surface area contributed by atoms with Crippen LogP contribution in [0.1, 0.15) is 24.2 Å². The molecular formula is C14H20N2O4S. The molecule has 0 radical (unpaired) electrons. The van der Waals surface area contributed by atoms with Crippen molar-refractivity contribution in [1.82, 2.24) is 5.32 Å². The van der Waals surface area contributed by atoms with E-state index in [2.05, 4.69) is 10.6 Å². The van der Waals surface area contributed by atoms with Crippen LogP contribution in [0.5, 0.6) is 5.75 Å². The number of hydrogen-bond donors (Lipinski definition) is 3.